The number of carbonyl (C=O) groups excluding carboxylic acids is 1. The zero-order valence-electron chi connectivity index (χ0n) is 17.7. The highest BCUT2D eigenvalue weighted by Gasteiger charge is 2.30. The van der Waals surface area contributed by atoms with Gasteiger partial charge in [0.2, 0.25) is 15.8 Å². The van der Waals surface area contributed by atoms with E-state index in [9.17, 15) is 17.6 Å². The minimum Gasteiger partial charge on any atom is -0.444 e. The summed E-state index contributed by atoms with van der Waals surface area (Å²) >= 11 is 6.60. The van der Waals surface area contributed by atoms with Gasteiger partial charge in [-0.05, 0) is 45.0 Å². The molecule has 12 heteroatoms. The van der Waals surface area contributed by atoms with E-state index in [1.807, 2.05) is 0 Å². The summed E-state index contributed by atoms with van der Waals surface area (Å²) in [6.45, 7) is 5.16. The molecule has 0 aromatic carbocycles. The lowest BCUT2D eigenvalue weighted by molar-refractivity contribution is 0.0285. The Labute approximate surface area is 194 Å². The van der Waals surface area contributed by atoms with Crippen molar-refractivity contribution in [1.29, 1.82) is 0 Å². The minimum atomic E-state index is -4.11. The molecular formula is C20H20ClFN4O4S2. The fraction of sp³-hybridized carbons (Fsp3) is 0.300. The van der Waals surface area contributed by atoms with Crippen molar-refractivity contribution in [3.63, 3.8) is 0 Å². The Balaban J connectivity index is 2.06. The molecule has 0 radical (unpaired) electrons. The second kappa shape index (κ2) is 9.08. The Bertz CT molecular complexity index is 1240. The number of aromatic nitrogens is 3. The molecule has 32 heavy (non-hydrogen) atoms. The van der Waals surface area contributed by atoms with E-state index in [4.69, 9.17) is 16.3 Å². The maximum absolute atomic E-state index is 14.4. The number of sulfone groups is 1. The molecule has 0 atom stereocenters. The van der Waals surface area contributed by atoms with Gasteiger partial charge in [-0.3, -0.25) is 0 Å². The van der Waals surface area contributed by atoms with Crippen LogP contribution in [0.4, 0.5) is 9.18 Å². The summed E-state index contributed by atoms with van der Waals surface area (Å²) in [6.07, 6.45) is 1.76. The first-order valence-corrected chi connectivity index (χ1v) is 12.0. The van der Waals surface area contributed by atoms with Gasteiger partial charge in [0, 0.05) is 19.4 Å². The van der Waals surface area contributed by atoms with Crippen molar-refractivity contribution in [1.82, 2.24) is 19.9 Å². The van der Waals surface area contributed by atoms with Crippen LogP contribution < -0.4 is 0 Å². The van der Waals surface area contributed by atoms with Crippen molar-refractivity contribution in [3.8, 4) is 11.3 Å². The highest BCUT2D eigenvalue weighted by atomic mass is 35.5. The molecule has 0 fully saturated rings. The Kier molecular flexibility index (Phi) is 6.82. The highest BCUT2D eigenvalue weighted by molar-refractivity contribution is 7.93. The molecular weight excluding hydrogens is 479 g/mol. The molecule has 0 saturated carbocycles. The SMILES string of the molecule is CN(Cc1nc(-c2cccnc2F)c(S(=O)(=O)c2ccc(Cl)nc2)s1)C(=O)OC(C)(C)C. The Morgan fingerprint density at radius 3 is 2.56 bits per heavy atom. The molecule has 0 aliphatic carbocycles. The monoisotopic (exact) mass is 498 g/mol. The largest absolute Gasteiger partial charge is 0.444 e. The van der Waals surface area contributed by atoms with Crippen LogP contribution in [0.25, 0.3) is 11.3 Å². The molecule has 3 rings (SSSR count). The van der Waals surface area contributed by atoms with Gasteiger partial charge in [0.1, 0.15) is 21.5 Å². The maximum Gasteiger partial charge on any atom is 0.410 e. The lowest BCUT2D eigenvalue weighted by Crippen LogP contribution is -2.33. The number of halogens is 2. The molecule has 3 aromatic heterocycles. The summed E-state index contributed by atoms with van der Waals surface area (Å²) in [5, 5.41) is 0.406. The molecule has 170 valence electrons. The van der Waals surface area contributed by atoms with Gasteiger partial charge in [-0.15, -0.1) is 11.3 Å². The standard InChI is InChI=1S/C20H20ClFN4O4S2/c1-20(2,3)30-19(27)26(4)11-15-25-16(13-6-5-9-23-17(13)22)18(31-15)32(28,29)12-7-8-14(21)24-10-12/h5-10H,11H2,1-4H3. The number of ether oxygens (including phenoxy) is 1. The van der Waals surface area contributed by atoms with E-state index in [1.54, 1.807) is 20.8 Å². The zero-order chi connectivity index (χ0) is 23.7. The van der Waals surface area contributed by atoms with Gasteiger partial charge < -0.3 is 9.64 Å². The smallest absolute Gasteiger partial charge is 0.410 e. The van der Waals surface area contributed by atoms with Crippen molar-refractivity contribution < 1.29 is 22.3 Å². The normalized spacial score (nSPS) is 11.9. The van der Waals surface area contributed by atoms with Gasteiger partial charge >= 0.3 is 6.09 Å². The summed E-state index contributed by atoms with van der Waals surface area (Å²) < 4.78 is 46.2. The van der Waals surface area contributed by atoms with Crippen molar-refractivity contribution in [3.05, 3.63) is 52.8 Å². The fourth-order valence-corrected chi connectivity index (χ4v) is 5.62. The molecule has 3 heterocycles. The molecule has 0 bridgehead atoms. The number of hydrogen-bond acceptors (Lipinski definition) is 8. The molecule has 8 nitrogen and oxygen atoms in total. The molecule has 0 saturated heterocycles. The average molecular weight is 499 g/mol. The summed E-state index contributed by atoms with van der Waals surface area (Å²) in [6, 6.07) is 5.51. The van der Waals surface area contributed by atoms with E-state index in [2.05, 4.69) is 15.0 Å². The summed E-state index contributed by atoms with van der Waals surface area (Å²) in [5.74, 6) is -0.865. The van der Waals surface area contributed by atoms with Crippen LogP contribution in [0.15, 0.2) is 45.8 Å². The lowest BCUT2D eigenvalue weighted by atomic mass is 10.2. The summed E-state index contributed by atoms with van der Waals surface area (Å²) in [4.78, 5) is 25.2. The number of thiazole rings is 1. The van der Waals surface area contributed by atoms with Crippen LogP contribution in [0.3, 0.4) is 0 Å². The number of amides is 1. The third-order valence-electron chi connectivity index (χ3n) is 3.99. The Morgan fingerprint density at radius 1 is 1.25 bits per heavy atom. The van der Waals surface area contributed by atoms with Crippen LogP contribution in [0.5, 0.6) is 0 Å². The molecule has 0 unspecified atom stereocenters. The van der Waals surface area contributed by atoms with Crippen LogP contribution in [-0.2, 0) is 21.1 Å². The highest BCUT2D eigenvalue weighted by Crippen LogP contribution is 2.37. The van der Waals surface area contributed by atoms with Crippen LogP contribution in [0.2, 0.25) is 5.15 Å². The zero-order valence-corrected chi connectivity index (χ0v) is 20.1. The van der Waals surface area contributed by atoms with Gasteiger partial charge in [0.25, 0.3) is 0 Å². The Morgan fingerprint density at radius 2 is 1.97 bits per heavy atom. The van der Waals surface area contributed by atoms with Crippen LogP contribution >= 0.6 is 22.9 Å². The van der Waals surface area contributed by atoms with Crippen molar-refractivity contribution in [2.24, 2.45) is 0 Å². The maximum atomic E-state index is 14.4. The van der Waals surface area contributed by atoms with Gasteiger partial charge in [0.15, 0.2) is 4.21 Å². The quantitative estimate of drug-likeness (QED) is 0.474. The van der Waals surface area contributed by atoms with E-state index in [1.165, 1.54) is 42.4 Å². The summed E-state index contributed by atoms with van der Waals surface area (Å²) in [7, 11) is -2.61. The number of pyridine rings is 2. The Hall–Kier alpha value is -2.63. The van der Waals surface area contributed by atoms with Gasteiger partial charge in [-0.2, -0.15) is 4.39 Å². The number of rotatable bonds is 5. The predicted molar refractivity (Wildman–Crippen MR) is 118 cm³/mol. The van der Waals surface area contributed by atoms with E-state index >= 15 is 0 Å². The molecule has 0 N–H and O–H groups in total. The fourth-order valence-electron chi connectivity index (χ4n) is 2.57. The number of nitrogens with zero attached hydrogens (tertiary/aromatic N) is 4. The average Bonchev–Trinajstić information content (AvgIpc) is 3.11. The lowest BCUT2D eigenvalue weighted by Gasteiger charge is -2.24. The van der Waals surface area contributed by atoms with Crippen molar-refractivity contribution in [2.75, 3.05) is 7.05 Å². The van der Waals surface area contributed by atoms with Crippen molar-refractivity contribution >= 4 is 38.9 Å². The molecule has 0 aliphatic heterocycles. The van der Waals surface area contributed by atoms with Gasteiger partial charge in [-0.25, -0.2) is 28.2 Å². The first-order chi connectivity index (χ1) is 14.9. The molecule has 0 aliphatic rings. The number of hydrogen-bond donors (Lipinski definition) is 0. The third kappa shape index (κ3) is 5.40. The van der Waals surface area contributed by atoms with E-state index in [-0.39, 0.29) is 37.1 Å². The van der Waals surface area contributed by atoms with Crippen LogP contribution in [-0.4, -0.2) is 47.0 Å². The minimum absolute atomic E-state index is 0.0388. The second-order valence-electron chi connectivity index (χ2n) is 7.74. The van der Waals surface area contributed by atoms with Gasteiger partial charge in [-0.1, -0.05) is 11.6 Å². The topological polar surface area (TPSA) is 102 Å². The van der Waals surface area contributed by atoms with E-state index < -0.39 is 27.5 Å². The second-order valence-corrected chi connectivity index (χ2v) is 11.4. The third-order valence-corrected chi connectivity index (χ3v) is 7.50. The van der Waals surface area contributed by atoms with E-state index in [0.29, 0.717) is 0 Å². The number of carbonyl (C=O) groups is 1. The predicted octanol–water partition coefficient (Wildman–Crippen LogP) is 4.59. The van der Waals surface area contributed by atoms with Gasteiger partial charge in [0.05, 0.1) is 17.0 Å². The van der Waals surface area contributed by atoms with Crippen LogP contribution in [0.1, 0.15) is 25.8 Å². The summed E-state index contributed by atoms with van der Waals surface area (Å²) in [5.41, 5.74) is -0.868. The molecule has 0 spiro atoms. The van der Waals surface area contributed by atoms with Crippen LogP contribution in [0, 0.1) is 5.95 Å². The van der Waals surface area contributed by atoms with Crippen molar-refractivity contribution in [2.45, 2.75) is 42.0 Å². The first kappa shape index (κ1) is 24.0. The molecule has 1 amide bonds. The van der Waals surface area contributed by atoms with E-state index in [0.717, 1.165) is 17.5 Å². The first-order valence-electron chi connectivity index (χ1n) is 9.30. The molecule has 3 aromatic rings.